The van der Waals surface area contributed by atoms with Gasteiger partial charge in [0.15, 0.2) is 0 Å². The first-order valence-corrected chi connectivity index (χ1v) is 15.0. The normalized spacial score (nSPS) is 27.0. The van der Waals surface area contributed by atoms with Gasteiger partial charge in [0.05, 0.1) is 18.1 Å². The van der Waals surface area contributed by atoms with Crippen LogP contribution in [0.4, 0.5) is 0 Å². The minimum Gasteiger partial charge on any atom is -0.400 e. The molecule has 3 aliphatic rings. The molecule has 3 atom stereocenters. The SMILES string of the molecule is CN(C)C(=O)C1CN(CC2(O)CCN(C(=O)CCC3CCCCC3)CC2(C)C)C(=O)CC1c1ccccc1.CO. The predicted octanol–water partition coefficient (Wildman–Crippen LogP) is 3.67. The molecule has 8 heteroatoms. The van der Waals surface area contributed by atoms with Crippen molar-refractivity contribution in [3.63, 3.8) is 0 Å². The Morgan fingerprint density at radius 1 is 1.05 bits per heavy atom. The first-order chi connectivity index (χ1) is 19.0. The van der Waals surface area contributed by atoms with E-state index in [2.05, 4.69) is 0 Å². The molecule has 4 rings (SSSR count). The molecule has 0 spiro atoms. The highest BCUT2D eigenvalue weighted by Crippen LogP contribution is 2.42. The summed E-state index contributed by atoms with van der Waals surface area (Å²) in [5.74, 6) is 0.282. The molecule has 1 aromatic carbocycles. The third-order valence-electron chi connectivity index (χ3n) is 9.57. The van der Waals surface area contributed by atoms with Gasteiger partial charge in [-0.3, -0.25) is 14.4 Å². The lowest BCUT2D eigenvalue weighted by Crippen LogP contribution is -2.64. The fourth-order valence-electron chi connectivity index (χ4n) is 6.86. The van der Waals surface area contributed by atoms with Gasteiger partial charge in [0.25, 0.3) is 0 Å². The number of benzene rings is 1. The molecule has 2 aliphatic heterocycles. The molecule has 2 heterocycles. The Morgan fingerprint density at radius 2 is 1.70 bits per heavy atom. The lowest BCUT2D eigenvalue weighted by molar-refractivity contribution is -0.165. The van der Waals surface area contributed by atoms with Crippen molar-refractivity contribution in [2.24, 2.45) is 17.3 Å². The van der Waals surface area contributed by atoms with Crippen molar-refractivity contribution >= 4 is 17.7 Å². The van der Waals surface area contributed by atoms with Crippen LogP contribution in [0.3, 0.4) is 0 Å². The fourth-order valence-corrected chi connectivity index (χ4v) is 6.86. The van der Waals surface area contributed by atoms with E-state index in [1.807, 2.05) is 49.1 Å². The summed E-state index contributed by atoms with van der Waals surface area (Å²) in [4.78, 5) is 44.9. The van der Waals surface area contributed by atoms with E-state index in [0.717, 1.165) is 19.1 Å². The fraction of sp³-hybridized carbons (Fsp3) is 0.719. The number of β-amino-alcohol motifs (C(OH)–C–C–N with tert-alkyl or cyclic N) is 1. The molecule has 3 fully saturated rings. The molecule has 224 valence electrons. The van der Waals surface area contributed by atoms with Crippen molar-refractivity contribution < 1.29 is 24.6 Å². The van der Waals surface area contributed by atoms with Crippen molar-refractivity contribution in [3.05, 3.63) is 35.9 Å². The van der Waals surface area contributed by atoms with E-state index < -0.39 is 11.0 Å². The van der Waals surface area contributed by atoms with E-state index in [1.165, 1.54) is 32.1 Å². The summed E-state index contributed by atoms with van der Waals surface area (Å²) >= 11 is 0. The average molecular weight is 558 g/mol. The van der Waals surface area contributed by atoms with Crippen molar-refractivity contribution in [2.45, 2.75) is 83.2 Å². The van der Waals surface area contributed by atoms with Gasteiger partial charge in [0.1, 0.15) is 0 Å². The Labute approximate surface area is 240 Å². The van der Waals surface area contributed by atoms with Crippen molar-refractivity contribution in [1.82, 2.24) is 14.7 Å². The Morgan fingerprint density at radius 3 is 2.30 bits per heavy atom. The smallest absolute Gasteiger partial charge is 0.227 e. The monoisotopic (exact) mass is 557 g/mol. The molecule has 3 amide bonds. The third kappa shape index (κ3) is 7.43. The van der Waals surface area contributed by atoms with Gasteiger partial charge in [-0.1, -0.05) is 76.3 Å². The number of amides is 3. The topological polar surface area (TPSA) is 101 Å². The first-order valence-electron chi connectivity index (χ1n) is 15.0. The van der Waals surface area contributed by atoms with Gasteiger partial charge in [-0.15, -0.1) is 0 Å². The summed E-state index contributed by atoms with van der Waals surface area (Å²) in [5, 5.41) is 18.9. The van der Waals surface area contributed by atoms with Gasteiger partial charge in [0, 0.05) is 65.0 Å². The molecule has 8 nitrogen and oxygen atoms in total. The minimum absolute atomic E-state index is 0.000912. The number of likely N-dealkylation sites (tertiary alicyclic amines) is 2. The van der Waals surface area contributed by atoms with E-state index in [9.17, 15) is 19.5 Å². The number of piperidine rings is 2. The van der Waals surface area contributed by atoms with Crippen LogP contribution in [0.15, 0.2) is 30.3 Å². The Bertz CT molecular complexity index is 992. The number of nitrogens with zero attached hydrogens (tertiary/aromatic N) is 3. The molecule has 1 aliphatic carbocycles. The van der Waals surface area contributed by atoms with Gasteiger partial charge in [-0.2, -0.15) is 0 Å². The summed E-state index contributed by atoms with van der Waals surface area (Å²) in [6, 6.07) is 9.80. The minimum atomic E-state index is -1.13. The van der Waals surface area contributed by atoms with Crippen LogP contribution in [-0.2, 0) is 14.4 Å². The summed E-state index contributed by atoms with van der Waals surface area (Å²) in [5.41, 5.74) is -0.711. The van der Waals surface area contributed by atoms with Gasteiger partial charge < -0.3 is 24.9 Å². The second-order valence-electron chi connectivity index (χ2n) is 12.9. The van der Waals surface area contributed by atoms with Crippen LogP contribution in [0, 0.1) is 17.3 Å². The van der Waals surface area contributed by atoms with Gasteiger partial charge >= 0.3 is 0 Å². The maximum atomic E-state index is 13.4. The Balaban J connectivity index is 0.00000216. The second kappa shape index (κ2) is 13.9. The summed E-state index contributed by atoms with van der Waals surface area (Å²) in [6.07, 6.45) is 8.58. The number of aliphatic hydroxyl groups excluding tert-OH is 1. The van der Waals surface area contributed by atoms with Crippen LogP contribution in [0.1, 0.15) is 83.1 Å². The number of aliphatic hydroxyl groups is 2. The number of carbonyl (C=O) groups excluding carboxylic acids is 3. The Hall–Kier alpha value is -2.45. The third-order valence-corrected chi connectivity index (χ3v) is 9.57. The van der Waals surface area contributed by atoms with Crippen LogP contribution in [0.25, 0.3) is 0 Å². The zero-order chi connectivity index (χ0) is 29.5. The lowest BCUT2D eigenvalue weighted by Gasteiger charge is -2.52. The van der Waals surface area contributed by atoms with Crippen LogP contribution in [-0.4, -0.2) is 95.6 Å². The predicted molar refractivity (Wildman–Crippen MR) is 156 cm³/mol. The van der Waals surface area contributed by atoms with Crippen LogP contribution >= 0.6 is 0 Å². The molecule has 0 aromatic heterocycles. The largest absolute Gasteiger partial charge is 0.400 e. The van der Waals surface area contributed by atoms with Crippen molar-refractivity contribution in [1.29, 1.82) is 0 Å². The molecule has 1 saturated carbocycles. The van der Waals surface area contributed by atoms with Crippen LogP contribution in [0.2, 0.25) is 0 Å². The molecule has 2 N–H and O–H groups in total. The van der Waals surface area contributed by atoms with E-state index >= 15 is 0 Å². The molecule has 0 radical (unpaired) electrons. The van der Waals surface area contributed by atoms with E-state index in [4.69, 9.17) is 5.11 Å². The first kappa shape index (κ1) is 32.1. The maximum absolute atomic E-state index is 13.4. The van der Waals surface area contributed by atoms with E-state index in [1.54, 1.807) is 23.9 Å². The number of rotatable bonds is 7. The van der Waals surface area contributed by atoms with E-state index in [0.29, 0.717) is 31.8 Å². The zero-order valence-electron chi connectivity index (χ0n) is 25.3. The molecule has 2 saturated heterocycles. The highest BCUT2D eigenvalue weighted by Gasteiger charge is 2.51. The van der Waals surface area contributed by atoms with Crippen molar-refractivity contribution in [2.75, 3.05) is 47.4 Å². The second-order valence-corrected chi connectivity index (χ2v) is 12.9. The molecule has 1 aromatic rings. The van der Waals surface area contributed by atoms with Gasteiger partial charge in [-0.25, -0.2) is 0 Å². The summed E-state index contributed by atoms with van der Waals surface area (Å²) < 4.78 is 0. The highest BCUT2D eigenvalue weighted by atomic mass is 16.3. The maximum Gasteiger partial charge on any atom is 0.227 e. The molecule has 40 heavy (non-hydrogen) atoms. The molecular weight excluding hydrogens is 506 g/mol. The zero-order valence-corrected chi connectivity index (χ0v) is 25.3. The van der Waals surface area contributed by atoms with E-state index in [-0.39, 0.29) is 49.1 Å². The van der Waals surface area contributed by atoms with Crippen molar-refractivity contribution in [3.8, 4) is 0 Å². The average Bonchev–Trinajstić information content (AvgIpc) is 2.95. The quantitative estimate of drug-likeness (QED) is 0.533. The Kier molecular flexibility index (Phi) is 11.2. The van der Waals surface area contributed by atoms with Gasteiger partial charge in [-0.05, 0) is 24.3 Å². The molecule has 0 bridgehead atoms. The number of carbonyl (C=O) groups is 3. The molecule has 3 unspecified atom stereocenters. The highest BCUT2D eigenvalue weighted by molar-refractivity contribution is 5.85. The summed E-state index contributed by atoms with van der Waals surface area (Å²) in [6.45, 7) is 5.44. The number of hydrogen-bond acceptors (Lipinski definition) is 5. The van der Waals surface area contributed by atoms with Gasteiger partial charge in [0.2, 0.25) is 17.7 Å². The lowest BCUT2D eigenvalue weighted by atomic mass is 9.69. The van der Waals surface area contributed by atoms with Crippen LogP contribution in [0.5, 0.6) is 0 Å². The molecular formula is C32H51N3O5. The number of hydrogen-bond donors (Lipinski definition) is 2. The summed E-state index contributed by atoms with van der Waals surface area (Å²) in [7, 11) is 4.51. The standard InChI is InChI=1S/C31H47N3O4.CH4O/c1-30(2)21-33(27(35)16-15-23-11-7-5-8-12-23)18-17-31(30,38)22-34-20-26(29(37)32(3)4)25(19-28(34)36)24-13-9-6-10-14-24;1-2/h6,9-10,13-14,23,25-26,38H,5,7-8,11-12,15-22H2,1-4H3;2H,1H3. The van der Waals surface area contributed by atoms with Crippen LogP contribution < -0.4 is 0 Å².